The first-order valence-electron chi connectivity index (χ1n) is 9.82. The number of methoxy groups -OCH3 is 2. The van der Waals surface area contributed by atoms with E-state index in [2.05, 4.69) is 15.8 Å². The topological polar surface area (TPSA) is 98.3 Å². The molecular weight excluding hydrogens is 446 g/mol. The van der Waals surface area contributed by atoms with Gasteiger partial charge in [-0.3, -0.25) is 9.59 Å². The zero-order chi connectivity index (χ0) is 23.6. The summed E-state index contributed by atoms with van der Waals surface area (Å²) in [5.41, 5.74) is 4.21. The lowest BCUT2D eigenvalue weighted by molar-refractivity contribution is -0.118. The Bertz CT molecular complexity index is 1130. The zero-order valence-electron chi connectivity index (χ0n) is 18.0. The van der Waals surface area contributed by atoms with E-state index in [4.69, 9.17) is 25.8 Å². The van der Waals surface area contributed by atoms with E-state index in [0.29, 0.717) is 33.5 Å². The van der Waals surface area contributed by atoms with Gasteiger partial charge in [-0.05, 0) is 72.3 Å². The maximum atomic E-state index is 12.3. The fourth-order valence-corrected chi connectivity index (χ4v) is 2.86. The quantitative estimate of drug-likeness (QED) is 0.364. The van der Waals surface area contributed by atoms with E-state index < -0.39 is 0 Å². The van der Waals surface area contributed by atoms with Gasteiger partial charge in [-0.15, -0.1) is 0 Å². The number of benzene rings is 3. The van der Waals surface area contributed by atoms with Gasteiger partial charge in [-0.1, -0.05) is 11.6 Å². The summed E-state index contributed by atoms with van der Waals surface area (Å²) in [4.78, 5) is 24.3. The minimum Gasteiger partial charge on any atom is -0.493 e. The second kappa shape index (κ2) is 11.5. The lowest BCUT2D eigenvalue weighted by Gasteiger charge is -2.08. The molecule has 0 aliphatic rings. The van der Waals surface area contributed by atoms with Crippen molar-refractivity contribution in [1.82, 2.24) is 5.43 Å². The summed E-state index contributed by atoms with van der Waals surface area (Å²) in [6.45, 7) is -0.141. The first-order chi connectivity index (χ1) is 16.0. The summed E-state index contributed by atoms with van der Waals surface area (Å²) in [6, 6.07) is 18.5. The van der Waals surface area contributed by atoms with Crippen molar-refractivity contribution >= 4 is 35.3 Å². The van der Waals surface area contributed by atoms with Crippen LogP contribution < -0.4 is 25.0 Å². The normalized spacial score (nSPS) is 10.5. The van der Waals surface area contributed by atoms with Crippen LogP contribution in [-0.4, -0.2) is 38.9 Å². The summed E-state index contributed by atoms with van der Waals surface area (Å²) in [6.07, 6.45) is 1.50. The fourth-order valence-electron chi connectivity index (χ4n) is 2.74. The summed E-state index contributed by atoms with van der Waals surface area (Å²) in [7, 11) is 3.02. The van der Waals surface area contributed by atoms with Crippen molar-refractivity contribution in [2.24, 2.45) is 5.10 Å². The molecule has 3 aromatic carbocycles. The summed E-state index contributed by atoms with van der Waals surface area (Å²) >= 11 is 5.82. The predicted octanol–water partition coefficient (Wildman–Crippen LogP) is 4.14. The molecule has 0 heterocycles. The molecule has 0 aromatic heterocycles. The monoisotopic (exact) mass is 467 g/mol. The molecule has 2 amide bonds. The molecule has 3 rings (SSSR count). The molecule has 0 saturated carbocycles. The number of hydrazone groups is 1. The molecule has 0 spiro atoms. The number of hydrogen-bond acceptors (Lipinski definition) is 6. The van der Waals surface area contributed by atoms with E-state index in [9.17, 15) is 9.59 Å². The van der Waals surface area contributed by atoms with Crippen LogP contribution in [0.3, 0.4) is 0 Å². The molecule has 0 radical (unpaired) electrons. The standard InChI is InChI=1S/C24H22ClN3O5/c1-31-21-12-5-17(13-22(21)32-2)24(30)28-26-14-16-3-10-20(11-4-16)33-15-23(29)27-19-8-6-18(25)7-9-19/h3-14H,15H2,1-2H3,(H,27,29)(H,28,30)/b26-14+. The third-order valence-electron chi connectivity index (χ3n) is 4.40. The summed E-state index contributed by atoms with van der Waals surface area (Å²) in [5.74, 6) is 0.821. The molecule has 9 heteroatoms. The molecule has 3 aromatic rings. The average Bonchev–Trinajstić information content (AvgIpc) is 2.84. The van der Waals surface area contributed by atoms with E-state index in [1.165, 1.54) is 20.4 Å². The van der Waals surface area contributed by atoms with Crippen LogP contribution in [0.5, 0.6) is 17.2 Å². The average molecular weight is 468 g/mol. The molecule has 0 unspecified atom stereocenters. The molecule has 0 saturated heterocycles. The van der Waals surface area contributed by atoms with Crippen LogP contribution in [0.2, 0.25) is 5.02 Å². The van der Waals surface area contributed by atoms with Crippen LogP contribution >= 0.6 is 11.6 Å². The van der Waals surface area contributed by atoms with Gasteiger partial charge >= 0.3 is 0 Å². The van der Waals surface area contributed by atoms with Gasteiger partial charge < -0.3 is 19.5 Å². The maximum absolute atomic E-state index is 12.3. The number of ether oxygens (including phenoxy) is 3. The number of hydrogen-bond donors (Lipinski definition) is 2. The largest absolute Gasteiger partial charge is 0.493 e. The lowest BCUT2D eigenvalue weighted by Crippen LogP contribution is -2.20. The number of nitrogens with one attached hydrogen (secondary N) is 2. The Morgan fingerprint density at radius 2 is 1.64 bits per heavy atom. The van der Waals surface area contributed by atoms with Crippen LogP contribution in [-0.2, 0) is 4.79 Å². The predicted molar refractivity (Wildman–Crippen MR) is 127 cm³/mol. The Labute approximate surface area is 196 Å². The smallest absolute Gasteiger partial charge is 0.271 e. The minimum absolute atomic E-state index is 0.141. The minimum atomic E-state index is -0.390. The van der Waals surface area contributed by atoms with Crippen molar-refractivity contribution in [3.8, 4) is 17.2 Å². The van der Waals surface area contributed by atoms with Crippen molar-refractivity contribution in [2.75, 3.05) is 26.1 Å². The van der Waals surface area contributed by atoms with Gasteiger partial charge in [0.05, 0.1) is 20.4 Å². The fraction of sp³-hybridized carbons (Fsp3) is 0.125. The van der Waals surface area contributed by atoms with E-state index in [0.717, 1.165) is 5.56 Å². The van der Waals surface area contributed by atoms with Gasteiger partial charge in [0.25, 0.3) is 11.8 Å². The van der Waals surface area contributed by atoms with Gasteiger partial charge in [0.2, 0.25) is 0 Å². The number of carbonyl (C=O) groups excluding carboxylic acids is 2. The van der Waals surface area contributed by atoms with Gasteiger partial charge in [-0.2, -0.15) is 5.10 Å². The highest BCUT2D eigenvalue weighted by Crippen LogP contribution is 2.27. The Hall–Kier alpha value is -4.04. The molecule has 0 atom stereocenters. The van der Waals surface area contributed by atoms with Crippen LogP contribution in [0, 0.1) is 0 Å². The van der Waals surface area contributed by atoms with Crippen LogP contribution in [0.15, 0.2) is 71.8 Å². The van der Waals surface area contributed by atoms with Gasteiger partial charge in [0, 0.05) is 16.3 Å². The van der Waals surface area contributed by atoms with Gasteiger partial charge in [0.1, 0.15) is 5.75 Å². The number of anilines is 1. The molecule has 0 aliphatic heterocycles. The number of rotatable bonds is 9. The number of carbonyl (C=O) groups is 2. The lowest BCUT2D eigenvalue weighted by atomic mass is 10.2. The molecule has 33 heavy (non-hydrogen) atoms. The molecular formula is C24H22ClN3O5. The highest BCUT2D eigenvalue weighted by molar-refractivity contribution is 6.30. The molecule has 0 aliphatic carbocycles. The number of halogens is 1. The molecule has 2 N–H and O–H groups in total. The highest BCUT2D eigenvalue weighted by Gasteiger charge is 2.10. The molecule has 0 bridgehead atoms. The van der Waals surface area contributed by atoms with Crippen LogP contribution in [0.25, 0.3) is 0 Å². The van der Waals surface area contributed by atoms with E-state index >= 15 is 0 Å². The SMILES string of the molecule is COc1ccc(C(=O)N/N=C/c2ccc(OCC(=O)Nc3ccc(Cl)cc3)cc2)cc1OC. The maximum Gasteiger partial charge on any atom is 0.271 e. The van der Waals surface area contributed by atoms with Gasteiger partial charge in [-0.25, -0.2) is 5.43 Å². The number of nitrogens with zero attached hydrogens (tertiary/aromatic N) is 1. The van der Waals surface area contributed by atoms with Crippen molar-refractivity contribution in [1.29, 1.82) is 0 Å². The first kappa shape index (κ1) is 23.6. The Kier molecular flexibility index (Phi) is 8.26. The Morgan fingerprint density at radius 3 is 2.30 bits per heavy atom. The van der Waals surface area contributed by atoms with Gasteiger partial charge in [0.15, 0.2) is 18.1 Å². The Balaban J connectivity index is 1.48. The third kappa shape index (κ3) is 6.98. The summed E-state index contributed by atoms with van der Waals surface area (Å²) < 4.78 is 15.8. The van der Waals surface area contributed by atoms with Crippen LogP contribution in [0.1, 0.15) is 15.9 Å². The van der Waals surface area contributed by atoms with Crippen molar-refractivity contribution in [3.05, 3.63) is 82.9 Å². The second-order valence-corrected chi connectivity index (χ2v) is 7.12. The second-order valence-electron chi connectivity index (χ2n) is 6.68. The van der Waals surface area contributed by atoms with Crippen molar-refractivity contribution in [2.45, 2.75) is 0 Å². The molecule has 0 fully saturated rings. The van der Waals surface area contributed by atoms with Crippen LogP contribution in [0.4, 0.5) is 5.69 Å². The van der Waals surface area contributed by atoms with Crippen molar-refractivity contribution in [3.63, 3.8) is 0 Å². The van der Waals surface area contributed by atoms with E-state index in [1.807, 2.05) is 0 Å². The molecule has 170 valence electrons. The first-order valence-corrected chi connectivity index (χ1v) is 10.2. The summed E-state index contributed by atoms with van der Waals surface area (Å²) in [5, 5.41) is 7.27. The number of amides is 2. The van der Waals surface area contributed by atoms with E-state index in [1.54, 1.807) is 66.7 Å². The Morgan fingerprint density at radius 1 is 0.939 bits per heavy atom. The van der Waals surface area contributed by atoms with Crippen molar-refractivity contribution < 1.29 is 23.8 Å². The highest BCUT2D eigenvalue weighted by atomic mass is 35.5. The third-order valence-corrected chi connectivity index (χ3v) is 4.66. The zero-order valence-corrected chi connectivity index (χ0v) is 18.8. The van der Waals surface area contributed by atoms with E-state index in [-0.39, 0.29) is 18.4 Å². The molecule has 8 nitrogen and oxygen atoms in total.